The lowest BCUT2D eigenvalue weighted by molar-refractivity contribution is -0.137. The number of carbonyl (C=O) groups is 1. The standard InChI is InChI=1S/C19H16F3N3O2/c1-12-3-2-4-13(11-12)18-25-24-17(27-18)10-9-16(26)23-15-7-5-14(6-8-15)19(20,21)22/h2-8,11H,9-10H2,1H3,(H,23,26). The number of rotatable bonds is 5. The van der Waals surface area contributed by atoms with Gasteiger partial charge in [0.1, 0.15) is 0 Å². The Morgan fingerprint density at radius 3 is 2.52 bits per heavy atom. The number of hydrogen-bond acceptors (Lipinski definition) is 4. The van der Waals surface area contributed by atoms with Gasteiger partial charge in [0.2, 0.25) is 17.7 Å². The lowest BCUT2D eigenvalue weighted by Crippen LogP contribution is -2.13. The number of aryl methyl sites for hydroxylation is 2. The molecule has 1 heterocycles. The fourth-order valence-electron chi connectivity index (χ4n) is 2.44. The summed E-state index contributed by atoms with van der Waals surface area (Å²) < 4.78 is 43.1. The first-order chi connectivity index (χ1) is 12.8. The van der Waals surface area contributed by atoms with E-state index in [4.69, 9.17) is 4.42 Å². The highest BCUT2D eigenvalue weighted by Gasteiger charge is 2.29. The van der Waals surface area contributed by atoms with Crippen LogP contribution >= 0.6 is 0 Å². The number of halogens is 3. The van der Waals surface area contributed by atoms with E-state index in [0.717, 1.165) is 23.3 Å². The Morgan fingerprint density at radius 1 is 1.11 bits per heavy atom. The third-order valence-corrected chi connectivity index (χ3v) is 3.79. The van der Waals surface area contributed by atoms with Gasteiger partial charge in [0.05, 0.1) is 5.56 Å². The topological polar surface area (TPSA) is 68.0 Å². The highest BCUT2D eigenvalue weighted by molar-refractivity contribution is 5.90. The van der Waals surface area contributed by atoms with E-state index in [1.165, 1.54) is 12.1 Å². The Balaban J connectivity index is 1.55. The Morgan fingerprint density at radius 2 is 1.85 bits per heavy atom. The second-order valence-corrected chi connectivity index (χ2v) is 5.99. The summed E-state index contributed by atoms with van der Waals surface area (Å²) in [5.74, 6) is 0.330. The molecule has 1 N–H and O–H groups in total. The van der Waals surface area contributed by atoms with Crippen molar-refractivity contribution in [3.63, 3.8) is 0 Å². The molecular formula is C19H16F3N3O2. The predicted octanol–water partition coefficient (Wildman–Crippen LogP) is 4.64. The normalized spacial score (nSPS) is 11.4. The van der Waals surface area contributed by atoms with Crippen molar-refractivity contribution < 1.29 is 22.4 Å². The van der Waals surface area contributed by atoms with Crippen LogP contribution in [0.3, 0.4) is 0 Å². The molecule has 3 aromatic rings. The van der Waals surface area contributed by atoms with Crippen LogP contribution in [0.5, 0.6) is 0 Å². The smallest absolute Gasteiger partial charge is 0.416 e. The molecule has 27 heavy (non-hydrogen) atoms. The van der Waals surface area contributed by atoms with Crippen LogP contribution in [0.25, 0.3) is 11.5 Å². The maximum Gasteiger partial charge on any atom is 0.416 e. The molecule has 0 aliphatic carbocycles. The van der Waals surface area contributed by atoms with Crippen LogP contribution in [0.15, 0.2) is 52.9 Å². The number of alkyl halides is 3. The molecule has 0 aliphatic heterocycles. The minimum atomic E-state index is -4.41. The molecular weight excluding hydrogens is 359 g/mol. The van der Waals surface area contributed by atoms with Crippen molar-refractivity contribution in [2.75, 3.05) is 5.32 Å². The molecule has 0 aliphatic rings. The first-order valence-electron chi connectivity index (χ1n) is 8.18. The van der Waals surface area contributed by atoms with Crippen LogP contribution in [-0.2, 0) is 17.4 Å². The van der Waals surface area contributed by atoms with Gasteiger partial charge < -0.3 is 9.73 Å². The number of anilines is 1. The molecule has 0 saturated carbocycles. The second kappa shape index (κ2) is 7.61. The zero-order valence-corrected chi connectivity index (χ0v) is 14.4. The Bertz CT molecular complexity index is 934. The van der Waals surface area contributed by atoms with Crippen molar-refractivity contribution >= 4 is 11.6 Å². The Kier molecular flexibility index (Phi) is 5.25. The van der Waals surface area contributed by atoms with Gasteiger partial charge in [0, 0.05) is 24.1 Å². The summed E-state index contributed by atoms with van der Waals surface area (Å²) in [6.45, 7) is 1.95. The summed E-state index contributed by atoms with van der Waals surface area (Å²) in [7, 11) is 0. The van der Waals surface area contributed by atoms with E-state index in [-0.39, 0.29) is 18.7 Å². The van der Waals surface area contributed by atoms with Crippen molar-refractivity contribution in [1.82, 2.24) is 10.2 Å². The maximum absolute atomic E-state index is 12.5. The quantitative estimate of drug-likeness (QED) is 0.706. The number of hydrogen-bond donors (Lipinski definition) is 1. The maximum atomic E-state index is 12.5. The number of amides is 1. The first kappa shape index (κ1) is 18.6. The van der Waals surface area contributed by atoms with Gasteiger partial charge in [-0.3, -0.25) is 4.79 Å². The molecule has 5 nitrogen and oxygen atoms in total. The van der Waals surface area contributed by atoms with Gasteiger partial charge >= 0.3 is 6.18 Å². The van der Waals surface area contributed by atoms with Crippen molar-refractivity contribution in [3.05, 3.63) is 65.5 Å². The molecule has 0 fully saturated rings. The molecule has 0 unspecified atom stereocenters. The first-order valence-corrected chi connectivity index (χ1v) is 8.18. The van der Waals surface area contributed by atoms with Gasteiger partial charge in [-0.15, -0.1) is 10.2 Å². The van der Waals surface area contributed by atoms with Crippen LogP contribution in [0.1, 0.15) is 23.4 Å². The van der Waals surface area contributed by atoms with E-state index in [1.54, 1.807) is 0 Å². The van der Waals surface area contributed by atoms with Gasteiger partial charge in [0.15, 0.2) is 0 Å². The molecule has 1 amide bonds. The second-order valence-electron chi connectivity index (χ2n) is 5.99. The molecule has 0 spiro atoms. The van der Waals surface area contributed by atoms with Crippen molar-refractivity contribution in [2.24, 2.45) is 0 Å². The highest BCUT2D eigenvalue weighted by Crippen LogP contribution is 2.29. The Hall–Kier alpha value is -3.16. The van der Waals surface area contributed by atoms with Crippen LogP contribution in [0.4, 0.5) is 18.9 Å². The minimum Gasteiger partial charge on any atom is -0.421 e. The Labute approximate surface area is 153 Å². The molecule has 140 valence electrons. The lowest BCUT2D eigenvalue weighted by atomic mass is 10.1. The largest absolute Gasteiger partial charge is 0.421 e. The van der Waals surface area contributed by atoms with Crippen LogP contribution in [0.2, 0.25) is 0 Å². The summed E-state index contributed by atoms with van der Waals surface area (Å²) in [5, 5.41) is 10.4. The molecule has 0 saturated heterocycles. The average molecular weight is 375 g/mol. The van der Waals surface area contributed by atoms with E-state index >= 15 is 0 Å². The number of nitrogens with one attached hydrogen (secondary N) is 1. The summed E-state index contributed by atoms with van der Waals surface area (Å²) >= 11 is 0. The van der Waals surface area contributed by atoms with Crippen molar-refractivity contribution in [2.45, 2.75) is 25.9 Å². The molecule has 0 atom stereocenters. The van der Waals surface area contributed by atoms with Gasteiger partial charge in [-0.1, -0.05) is 17.7 Å². The van der Waals surface area contributed by atoms with Crippen molar-refractivity contribution in [3.8, 4) is 11.5 Å². The summed E-state index contributed by atoms with van der Waals surface area (Å²) in [6, 6.07) is 11.9. The zero-order valence-electron chi connectivity index (χ0n) is 14.4. The molecule has 0 radical (unpaired) electrons. The van der Waals surface area contributed by atoms with E-state index in [9.17, 15) is 18.0 Å². The number of nitrogens with zero attached hydrogens (tertiary/aromatic N) is 2. The summed E-state index contributed by atoms with van der Waals surface area (Å²) in [6.07, 6.45) is -4.11. The van der Waals surface area contributed by atoms with Gasteiger partial charge in [-0.2, -0.15) is 13.2 Å². The molecule has 2 aromatic carbocycles. The van der Waals surface area contributed by atoms with Crippen LogP contribution < -0.4 is 5.32 Å². The molecule has 1 aromatic heterocycles. The summed E-state index contributed by atoms with van der Waals surface area (Å²) in [4.78, 5) is 12.0. The fraction of sp³-hybridized carbons (Fsp3) is 0.211. The number of benzene rings is 2. The van der Waals surface area contributed by atoms with Crippen molar-refractivity contribution in [1.29, 1.82) is 0 Å². The SMILES string of the molecule is Cc1cccc(-c2nnc(CCC(=O)Nc3ccc(C(F)(F)F)cc3)o2)c1. The lowest BCUT2D eigenvalue weighted by Gasteiger charge is -2.08. The molecule has 8 heteroatoms. The molecule has 0 bridgehead atoms. The van der Waals surface area contributed by atoms with Gasteiger partial charge in [-0.25, -0.2) is 0 Å². The fourth-order valence-corrected chi connectivity index (χ4v) is 2.44. The average Bonchev–Trinajstić information content (AvgIpc) is 3.09. The third kappa shape index (κ3) is 4.93. The van der Waals surface area contributed by atoms with Crippen LogP contribution in [-0.4, -0.2) is 16.1 Å². The van der Waals surface area contributed by atoms with Gasteiger partial charge in [-0.05, 0) is 43.3 Å². The van der Waals surface area contributed by atoms with E-state index in [1.807, 2.05) is 31.2 Å². The minimum absolute atomic E-state index is 0.0659. The van der Waals surface area contributed by atoms with E-state index < -0.39 is 11.7 Å². The zero-order chi connectivity index (χ0) is 19.4. The van der Waals surface area contributed by atoms with Gasteiger partial charge in [0.25, 0.3) is 0 Å². The molecule has 3 rings (SSSR count). The van der Waals surface area contributed by atoms with Crippen LogP contribution in [0, 0.1) is 6.92 Å². The predicted molar refractivity (Wildman–Crippen MR) is 92.9 cm³/mol. The monoisotopic (exact) mass is 375 g/mol. The summed E-state index contributed by atoms with van der Waals surface area (Å²) in [5.41, 5.74) is 1.38. The number of carbonyl (C=O) groups excluding carboxylic acids is 1. The highest BCUT2D eigenvalue weighted by atomic mass is 19.4. The number of aromatic nitrogens is 2. The third-order valence-electron chi connectivity index (χ3n) is 3.79. The van der Waals surface area contributed by atoms with E-state index in [0.29, 0.717) is 17.5 Å². The van der Waals surface area contributed by atoms with E-state index in [2.05, 4.69) is 15.5 Å².